The number of hydrogen-bond acceptors (Lipinski definition) is 3. The lowest BCUT2D eigenvalue weighted by Gasteiger charge is -2.23. The molecule has 3 N–H and O–H groups in total. The van der Waals surface area contributed by atoms with Crippen LogP contribution < -0.4 is 10.6 Å². The lowest BCUT2D eigenvalue weighted by molar-refractivity contribution is -0.136. The zero-order valence-corrected chi connectivity index (χ0v) is 10.0. The Hall–Kier alpha value is -1.30. The van der Waals surface area contributed by atoms with Crippen molar-refractivity contribution in [2.45, 2.75) is 20.3 Å². The number of urea groups is 1. The van der Waals surface area contributed by atoms with Gasteiger partial charge in [-0.1, -0.05) is 13.8 Å². The molecule has 0 aliphatic carbocycles. The molecule has 6 heteroatoms. The normalized spacial score (nSPS) is 10.9. The number of carboxylic acid groups (broad SMARTS) is 1. The van der Waals surface area contributed by atoms with Crippen molar-refractivity contribution in [2.75, 3.05) is 26.8 Å². The van der Waals surface area contributed by atoms with E-state index in [9.17, 15) is 9.59 Å². The second kappa shape index (κ2) is 7.05. The van der Waals surface area contributed by atoms with Crippen LogP contribution in [0.2, 0.25) is 0 Å². The largest absolute Gasteiger partial charge is 0.481 e. The van der Waals surface area contributed by atoms with Crippen molar-refractivity contribution in [3.05, 3.63) is 0 Å². The van der Waals surface area contributed by atoms with Gasteiger partial charge in [0.15, 0.2) is 0 Å². The van der Waals surface area contributed by atoms with Gasteiger partial charge in [0.05, 0.1) is 13.0 Å². The summed E-state index contributed by atoms with van der Waals surface area (Å²) in [5.74, 6) is -0.931. The molecule has 0 saturated carbocycles. The summed E-state index contributed by atoms with van der Waals surface area (Å²) in [5, 5.41) is 13.5. The highest BCUT2D eigenvalue weighted by atomic mass is 16.5. The van der Waals surface area contributed by atoms with Crippen LogP contribution in [0.25, 0.3) is 0 Å². The van der Waals surface area contributed by atoms with E-state index in [1.54, 1.807) is 7.11 Å². The van der Waals surface area contributed by atoms with Crippen LogP contribution in [-0.2, 0) is 9.53 Å². The van der Waals surface area contributed by atoms with Crippen LogP contribution in [-0.4, -0.2) is 43.9 Å². The van der Waals surface area contributed by atoms with E-state index in [-0.39, 0.29) is 24.4 Å². The first-order chi connectivity index (χ1) is 7.37. The van der Waals surface area contributed by atoms with Crippen molar-refractivity contribution in [1.29, 1.82) is 0 Å². The second-order valence-electron chi connectivity index (χ2n) is 4.35. The van der Waals surface area contributed by atoms with Gasteiger partial charge in [-0.3, -0.25) is 4.79 Å². The molecule has 0 rings (SSSR count). The molecule has 6 nitrogen and oxygen atoms in total. The topological polar surface area (TPSA) is 87.7 Å². The third-order valence-corrected chi connectivity index (χ3v) is 1.89. The quantitative estimate of drug-likeness (QED) is 0.594. The van der Waals surface area contributed by atoms with Gasteiger partial charge in [-0.25, -0.2) is 4.79 Å². The molecule has 0 aromatic heterocycles. The van der Waals surface area contributed by atoms with Crippen molar-refractivity contribution in [3.63, 3.8) is 0 Å². The maximum Gasteiger partial charge on any atom is 0.314 e. The molecule has 0 aliphatic heterocycles. The Morgan fingerprint density at radius 2 is 1.94 bits per heavy atom. The minimum atomic E-state index is -0.931. The van der Waals surface area contributed by atoms with E-state index < -0.39 is 5.97 Å². The summed E-state index contributed by atoms with van der Waals surface area (Å²) in [5.41, 5.74) is -0.140. The average molecular weight is 232 g/mol. The lowest BCUT2D eigenvalue weighted by atomic mass is 9.95. The van der Waals surface area contributed by atoms with Crippen LogP contribution in [0.15, 0.2) is 0 Å². The standard InChI is InChI=1S/C10H20N2O4/c1-10(2,7-16-3)6-12-9(15)11-5-4-8(13)14/h4-7H2,1-3H3,(H,13,14)(H2,11,12,15). The molecule has 0 atom stereocenters. The van der Waals surface area contributed by atoms with Crippen molar-refractivity contribution in [3.8, 4) is 0 Å². The van der Waals surface area contributed by atoms with E-state index in [1.807, 2.05) is 13.8 Å². The van der Waals surface area contributed by atoms with Crippen molar-refractivity contribution < 1.29 is 19.4 Å². The van der Waals surface area contributed by atoms with Crippen LogP contribution in [0.5, 0.6) is 0 Å². The Morgan fingerprint density at radius 3 is 2.44 bits per heavy atom. The molecule has 0 fully saturated rings. The van der Waals surface area contributed by atoms with E-state index >= 15 is 0 Å². The molecule has 0 unspecified atom stereocenters. The van der Waals surface area contributed by atoms with Gasteiger partial charge in [0.2, 0.25) is 0 Å². The maximum absolute atomic E-state index is 11.2. The number of rotatable bonds is 7. The summed E-state index contributed by atoms with van der Waals surface area (Å²) >= 11 is 0. The monoisotopic (exact) mass is 232 g/mol. The molecule has 0 bridgehead atoms. The van der Waals surface area contributed by atoms with Crippen LogP contribution in [0.3, 0.4) is 0 Å². The van der Waals surface area contributed by atoms with Gasteiger partial charge in [-0.15, -0.1) is 0 Å². The van der Waals surface area contributed by atoms with Gasteiger partial charge >= 0.3 is 12.0 Å². The van der Waals surface area contributed by atoms with Gasteiger partial charge < -0.3 is 20.5 Å². The molecular formula is C10H20N2O4. The number of methoxy groups -OCH3 is 1. The molecule has 0 spiro atoms. The minimum absolute atomic E-state index is 0.0745. The number of aliphatic carboxylic acids is 1. The first-order valence-corrected chi connectivity index (χ1v) is 5.10. The maximum atomic E-state index is 11.2. The Bertz CT molecular complexity index is 241. The molecule has 0 heterocycles. The molecular weight excluding hydrogens is 212 g/mol. The van der Waals surface area contributed by atoms with Crippen LogP contribution in [0.1, 0.15) is 20.3 Å². The average Bonchev–Trinajstić information content (AvgIpc) is 2.14. The van der Waals surface area contributed by atoms with E-state index in [2.05, 4.69) is 10.6 Å². The van der Waals surface area contributed by atoms with Crippen molar-refractivity contribution in [2.24, 2.45) is 5.41 Å². The Labute approximate surface area is 95.4 Å². The molecule has 94 valence electrons. The van der Waals surface area contributed by atoms with Crippen LogP contribution in [0.4, 0.5) is 4.79 Å². The van der Waals surface area contributed by atoms with E-state index in [0.29, 0.717) is 13.2 Å². The number of carbonyl (C=O) groups excluding carboxylic acids is 1. The number of carbonyl (C=O) groups is 2. The number of nitrogens with one attached hydrogen (secondary N) is 2. The summed E-state index contributed by atoms with van der Waals surface area (Å²) in [4.78, 5) is 21.4. The fraction of sp³-hybridized carbons (Fsp3) is 0.800. The molecule has 0 aromatic carbocycles. The van der Waals surface area contributed by atoms with Gasteiger partial charge in [-0.2, -0.15) is 0 Å². The van der Waals surface area contributed by atoms with Crippen molar-refractivity contribution in [1.82, 2.24) is 10.6 Å². The number of ether oxygens (including phenoxy) is 1. The summed E-state index contributed by atoms with van der Waals surface area (Å²) < 4.78 is 5.00. The number of amides is 2. The summed E-state index contributed by atoms with van der Waals surface area (Å²) in [7, 11) is 1.61. The third-order valence-electron chi connectivity index (χ3n) is 1.89. The molecule has 16 heavy (non-hydrogen) atoms. The van der Waals surface area contributed by atoms with Gasteiger partial charge in [-0.05, 0) is 0 Å². The summed E-state index contributed by atoms with van der Waals surface area (Å²) in [6.45, 7) is 5.08. The lowest BCUT2D eigenvalue weighted by Crippen LogP contribution is -2.42. The molecule has 0 aliphatic rings. The smallest absolute Gasteiger partial charge is 0.314 e. The highest BCUT2D eigenvalue weighted by molar-refractivity contribution is 5.74. The van der Waals surface area contributed by atoms with Gasteiger partial charge in [0, 0.05) is 25.6 Å². The molecule has 0 aromatic rings. The highest BCUT2D eigenvalue weighted by Crippen LogP contribution is 2.12. The van der Waals surface area contributed by atoms with E-state index in [0.717, 1.165) is 0 Å². The molecule has 0 saturated heterocycles. The van der Waals surface area contributed by atoms with E-state index in [1.165, 1.54) is 0 Å². The molecule has 2 amide bonds. The van der Waals surface area contributed by atoms with E-state index in [4.69, 9.17) is 9.84 Å². The Kier molecular flexibility index (Phi) is 6.48. The first kappa shape index (κ1) is 14.7. The fourth-order valence-electron chi connectivity index (χ4n) is 1.11. The predicted molar refractivity (Wildman–Crippen MR) is 59.3 cm³/mol. The zero-order valence-electron chi connectivity index (χ0n) is 10.0. The second-order valence-corrected chi connectivity index (χ2v) is 4.35. The highest BCUT2D eigenvalue weighted by Gasteiger charge is 2.18. The summed E-state index contributed by atoms with van der Waals surface area (Å²) in [6, 6.07) is -0.356. The Morgan fingerprint density at radius 1 is 1.31 bits per heavy atom. The third kappa shape index (κ3) is 8.05. The summed E-state index contributed by atoms with van der Waals surface area (Å²) in [6.07, 6.45) is -0.0745. The molecule has 0 radical (unpaired) electrons. The first-order valence-electron chi connectivity index (χ1n) is 5.10. The SMILES string of the molecule is COCC(C)(C)CNC(=O)NCCC(=O)O. The van der Waals surface area contributed by atoms with Crippen molar-refractivity contribution >= 4 is 12.0 Å². The Balaban J connectivity index is 3.68. The van der Waals surface area contributed by atoms with Crippen LogP contribution in [0, 0.1) is 5.41 Å². The van der Waals surface area contributed by atoms with Gasteiger partial charge in [0.1, 0.15) is 0 Å². The number of carboxylic acids is 1. The predicted octanol–water partition coefficient (Wildman–Crippen LogP) is 0.433. The minimum Gasteiger partial charge on any atom is -0.481 e. The fourth-order valence-corrected chi connectivity index (χ4v) is 1.11. The van der Waals surface area contributed by atoms with Crippen LogP contribution >= 0.6 is 0 Å². The van der Waals surface area contributed by atoms with Gasteiger partial charge in [0.25, 0.3) is 0 Å². The number of hydrogen-bond donors (Lipinski definition) is 3. The zero-order chi connectivity index (χ0) is 12.6.